The number of hydrogen-bond acceptors (Lipinski definition) is 9. The summed E-state index contributed by atoms with van der Waals surface area (Å²) >= 11 is 0. The Bertz CT molecular complexity index is 1580. The predicted octanol–water partition coefficient (Wildman–Crippen LogP) is 2.84. The maximum absolute atomic E-state index is 13.8. The van der Waals surface area contributed by atoms with Gasteiger partial charge >= 0.3 is 0 Å². The average molecular weight is 563 g/mol. The molecule has 0 amide bonds. The van der Waals surface area contributed by atoms with Gasteiger partial charge in [-0.2, -0.15) is 0 Å². The number of aliphatic hydroxyl groups is 1. The molecule has 0 saturated heterocycles. The standard InChI is InChI=1S/C26H28F2N4O6S/c1-5-6-8-21-16(2)29-26(32-39(34,35)18-9-10-19(27)20(28)15-18)25(30-21)31-22-13-17(36-3)14-23(37-4)24(22)38-12-7-11-33/h5-6,8-10,13-15,33H,2,7,11-12H2,1,3-4H3,(H,29,32)(H,30,31). The van der Waals surface area contributed by atoms with Crippen LogP contribution in [0.1, 0.15) is 13.3 Å². The highest BCUT2D eigenvalue weighted by molar-refractivity contribution is 7.92. The van der Waals surface area contributed by atoms with Crippen LogP contribution in [0.4, 0.5) is 26.1 Å². The van der Waals surface area contributed by atoms with E-state index in [0.717, 1.165) is 6.07 Å². The minimum Gasteiger partial charge on any atom is -0.497 e. The van der Waals surface area contributed by atoms with Crippen molar-refractivity contribution in [3.05, 3.63) is 64.8 Å². The molecule has 0 spiro atoms. The van der Waals surface area contributed by atoms with Crippen LogP contribution in [0.2, 0.25) is 0 Å². The highest BCUT2D eigenvalue weighted by atomic mass is 32.2. The van der Waals surface area contributed by atoms with E-state index < -0.39 is 26.6 Å². The topological polar surface area (TPSA) is 132 Å². The van der Waals surface area contributed by atoms with E-state index in [2.05, 4.69) is 26.6 Å². The first kappa shape index (κ1) is 29.3. The molecule has 3 N–H and O–H groups in total. The number of rotatable bonds is 12. The van der Waals surface area contributed by atoms with Crippen molar-refractivity contribution < 1.29 is 36.5 Å². The third-order valence-electron chi connectivity index (χ3n) is 5.16. The number of allylic oxidation sites excluding steroid dienone is 2. The van der Waals surface area contributed by atoms with E-state index in [0.29, 0.717) is 35.4 Å². The van der Waals surface area contributed by atoms with Gasteiger partial charge in [-0.1, -0.05) is 18.7 Å². The van der Waals surface area contributed by atoms with E-state index in [-0.39, 0.29) is 41.6 Å². The van der Waals surface area contributed by atoms with Gasteiger partial charge < -0.3 is 24.6 Å². The quantitative estimate of drug-likeness (QED) is 0.285. The molecule has 0 unspecified atom stereocenters. The van der Waals surface area contributed by atoms with Crippen LogP contribution in [0.5, 0.6) is 17.2 Å². The Morgan fingerprint density at radius 2 is 1.85 bits per heavy atom. The summed E-state index contributed by atoms with van der Waals surface area (Å²) in [6, 6.07) is 5.33. The second-order valence-corrected chi connectivity index (χ2v) is 9.57. The lowest BCUT2D eigenvalue weighted by Gasteiger charge is -2.19. The molecular weight excluding hydrogens is 534 g/mol. The molecule has 1 heterocycles. The molecule has 13 heteroatoms. The van der Waals surface area contributed by atoms with Crippen molar-refractivity contribution in [3.63, 3.8) is 0 Å². The summed E-state index contributed by atoms with van der Waals surface area (Å²) in [5.41, 5.74) is 0.278. The monoisotopic (exact) mass is 562 g/mol. The summed E-state index contributed by atoms with van der Waals surface area (Å²) in [6.07, 6.45) is 5.42. The van der Waals surface area contributed by atoms with Crippen molar-refractivity contribution in [2.75, 3.05) is 37.5 Å². The zero-order valence-electron chi connectivity index (χ0n) is 21.5. The van der Waals surface area contributed by atoms with Crippen molar-refractivity contribution in [2.24, 2.45) is 0 Å². The van der Waals surface area contributed by atoms with Gasteiger partial charge in [0.25, 0.3) is 10.0 Å². The van der Waals surface area contributed by atoms with Gasteiger partial charge in [-0.25, -0.2) is 27.2 Å². The zero-order chi connectivity index (χ0) is 28.6. The SMILES string of the molecule is C=c1nc(NS(=O)(=O)c2ccc(F)c(F)c2)c(Nc2cc(OC)cc(OC)c2OCCCO)nc1=CC=CC. The van der Waals surface area contributed by atoms with Crippen molar-refractivity contribution in [1.29, 1.82) is 0 Å². The first-order valence-corrected chi connectivity index (χ1v) is 13.1. The molecule has 0 bridgehead atoms. The lowest BCUT2D eigenvalue weighted by Crippen LogP contribution is -2.32. The highest BCUT2D eigenvalue weighted by Crippen LogP contribution is 2.41. The first-order valence-electron chi connectivity index (χ1n) is 11.6. The number of nitrogens with one attached hydrogen (secondary N) is 2. The number of hydrogen-bond donors (Lipinski definition) is 3. The van der Waals surface area contributed by atoms with Crippen LogP contribution in [0.3, 0.4) is 0 Å². The lowest BCUT2D eigenvalue weighted by molar-refractivity contribution is 0.228. The fourth-order valence-electron chi connectivity index (χ4n) is 3.25. The van der Waals surface area contributed by atoms with E-state index in [1.54, 1.807) is 37.3 Å². The summed E-state index contributed by atoms with van der Waals surface area (Å²) < 4.78 is 72.2. The minimum absolute atomic E-state index is 0.0633. The second kappa shape index (κ2) is 13.0. The number of aliphatic hydroxyl groups excluding tert-OH is 1. The number of methoxy groups -OCH3 is 2. The summed E-state index contributed by atoms with van der Waals surface area (Å²) in [7, 11) is -1.54. The van der Waals surface area contributed by atoms with Crippen LogP contribution in [-0.4, -0.2) is 50.9 Å². The molecule has 39 heavy (non-hydrogen) atoms. The number of benzene rings is 2. The number of halogens is 2. The fourth-order valence-corrected chi connectivity index (χ4v) is 4.27. The van der Waals surface area contributed by atoms with Gasteiger partial charge in [0.05, 0.1) is 42.1 Å². The Kier molecular flexibility index (Phi) is 9.79. The molecule has 0 atom stereocenters. The third kappa shape index (κ3) is 7.21. The highest BCUT2D eigenvalue weighted by Gasteiger charge is 2.22. The summed E-state index contributed by atoms with van der Waals surface area (Å²) in [4.78, 5) is 8.22. The van der Waals surface area contributed by atoms with E-state index in [4.69, 9.17) is 19.3 Å². The molecule has 0 radical (unpaired) electrons. The zero-order valence-corrected chi connectivity index (χ0v) is 22.3. The van der Waals surface area contributed by atoms with Crippen molar-refractivity contribution in [3.8, 4) is 17.2 Å². The van der Waals surface area contributed by atoms with Gasteiger partial charge in [-0.3, -0.25) is 4.72 Å². The molecule has 0 saturated carbocycles. The van der Waals surface area contributed by atoms with Crippen molar-refractivity contribution >= 4 is 40.0 Å². The van der Waals surface area contributed by atoms with Crippen LogP contribution in [-0.2, 0) is 10.0 Å². The first-order chi connectivity index (χ1) is 18.6. The Morgan fingerprint density at radius 3 is 2.49 bits per heavy atom. The van der Waals surface area contributed by atoms with E-state index >= 15 is 0 Å². The Morgan fingerprint density at radius 1 is 1.08 bits per heavy atom. The number of nitrogens with zero attached hydrogens (tertiary/aromatic N) is 2. The fraction of sp³-hybridized carbons (Fsp3) is 0.231. The number of ether oxygens (including phenoxy) is 3. The third-order valence-corrected chi connectivity index (χ3v) is 6.50. The number of aromatic nitrogens is 2. The molecule has 0 fully saturated rings. The van der Waals surface area contributed by atoms with E-state index in [9.17, 15) is 17.2 Å². The molecule has 0 aliphatic carbocycles. The Labute approximate surface area is 224 Å². The largest absolute Gasteiger partial charge is 0.497 e. The van der Waals surface area contributed by atoms with Gasteiger partial charge in [0, 0.05) is 25.2 Å². The van der Waals surface area contributed by atoms with Crippen LogP contribution in [0, 0.1) is 11.6 Å². The average Bonchev–Trinajstić information content (AvgIpc) is 2.91. The molecule has 0 aliphatic heterocycles. The molecule has 3 aromatic rings. The minimum atomic E-state index is -4.43. The van der Waals surface area contributed by atoms with Crippen LogP contribution in [0.25, 0.3) is 12.7 Å². The van der Waals surface area contributed by atoms with Crippen molar-refractivity contribution in [2.45, 2.75) is 18.2 Å². The summed E-state index contributed by atoms with van der Waals surface area (Å²) in [5, 5.41) is 12.6. The molecule has 208 valence electrons. The van der Waals surface area contributed by atoms with Gasteiger partial charge in [-0.15, -0.1) is 0 Å². The second-order valence-electron chi connectivity index (χ2n) is 7.88. The lowest BCUT2D eigenvalue weighted by atomic mass is 10.2. The van der Waals surface area contributed by atoms with Crippen LogP contribution >= 0.6 is 0 Å². The van der Waals surface area contributed by atoms with Gasteiger partial charge in [0.2, 0.25) is 0 Å². The summed E-state index contributed by atoms with van der Waals surface area (Å²) in [6.45, 7) is 5.68. The maximum Gasteiger partial charge on any atom is 0.263 e. The van der Waals surface area contributed by atoms with Crippen LogP contribution < -0.4 is 34.9 Å². The van der Waals surface area contributed by atoms with Crippen molar-refractivity contribution in [1.82, 2.24) is 9.97 Å². The number of sulfonamides is 1. The maximum atomic E-state index is 13.8. The molecule has 0 aliphatic rings. The van der Waals surface area contributed by atoms with Crippen LogP contribution in [0.15, 0.2) is 47.4 Å². The Balaban J connectivity index is 2.18. The molecule has 1 aromatic heterocycles. The molecule has 10 nitrogen and oxygen atoms in total. The molecule has 2 aromatic carbocycles. The van der Waals surface area contributed by atoms with E-state index in [1.807, 2.05) is 0 Å². The smallest absolute Gasteiger partial charge is 0.263 e. The van der Waals surface area contributed by atoms with Gasteiger partial charge in [0.15, 0.2) is 34.8 Å². The predicted molar refractivity (Wildman–Crippen MR) is 143 cm³/mol. The number of anilines is 3. The van der Waals surface area contributed by atoms with Gasteiger partial charge in [0.1, 0.15) is 5.75 Å². The molecular formula is C26H28F2N4O6S. The Hall–Kier alpha value is -4.23. The van der Waals surface area contributed by atoms with Gasteiger partial charge in [-0.05, 0) is 31.2 Å². The normalized spacial score (nSPS) is 12.0. The molecule has 3 rings (SSSR count). The van der Waals surface area contributed by atoms with E-state index in [1.165, 1.54) is 14.2 Å². The summed E-state index contributed by atoms with van der Waals surface area (Å²) in [5.74, 6) is -1.94.